The number of nitrogens with zero attached hydrogens (tertiary/aromatic N) is 2. The Labute approximate surface area is 168 Å². The molecule has 0 radical (unpaired) electrons. The fourth-order valence-corrected chi connectivity index (χ4v) is 5.11. The molecule has 1 amide bonds. The summed E-state index contributed by atoms with van der Waals surface area (Å²) in [6.45, 7) is 4.87. The smallest absolute Gasteiger partial charge is 0.223 e. The van der Waals surface area contributed by atoms with Gasteiger partial charge in [-0.2, -0.15) is 0 Å². The second-order valence-corrected chi connectivity index (χ2v) is 8.72. The van der Waals surface area contributed by atoms with E-state index in [4.69, 9.17) is 0 Å². The van der Waals surface area contributed by atoms with Crippen molar-refractivity contribution in [1.82, 2.24) is 9.80 Å². The van der Waals surface area contributed by atoms with Gasteiger partial charge >= 0.3 is 0 Å². The molecule has 28 heavy (non-hydrogen) atoms. The topological polar surface area (TPSA) is 40.6 Å². The molecule has 4 heteroatoms. The third-order valence-electron chi connectivity index (χ3n) is 6.94. The number of piperidine rings is 1. The molecule has 4 nitrogen and oxygen atoms in total. The van der Waals surface area contributed by atoms with Gasteiger partial charge in [0.1, 0.15) is 5.78 Å². The van der Waals surface area contributed by atoms with E-state index >= 15 is 0 Å². The average molecular weight is 381 g/mol. The van der Waals surface area contributed by atoms with E-state index in [-0.39, 0.29) is 11.3 Å². The van der Waals surface area contributed by atoms with Gasteiger partial charge < -0.3 is 4.90 Å². The number of hydrogen-bond acceptors (Lipinski definition) is 3. The van der Waals surface area contributed by atoms with Crippen LogP contribution < -0.4 is 0 Å². The van der Waals surface area contributed by atoms with Crippen molar-refractivity contribution in [2.45, 2.75) is 51.4 Å². The number of ketones is 1. The van der Waals surface area contributed by atoms with E-state index < -0.39 is 0 Å². The molecule has 2 fully saturated rings. The number of Topliss-reactive ketones (excluding diaryl/α,β-unsaturated/α-hetero) is 1. The van der Waals surface area contributed by atoms with Crippen molar-refractivity contribution in [3.63, 3.8) is 0 Å². The second kappa shape index (κ2) is 8.60. The lowest BCUT2D eigenvalue weighted by Crippen LogP contribution is -2.46. The maximum absolute atomic E-state index is 12.5. The third kappa shape index (κ3) is 4.22. The molecule has 2 heterocycles. The minimum atomic E-state index is -0.288. The van der Waals surface area contributed by atoms with Gasteiger partial charge in [0.2, 0.25) is 5.91 Å². The predicted molar refractivity (Wildman–Crippen MR) is 112 cm³/mol. The Kier molecular flexibility index (Phi) is 5.96. The van der Waals surface area contributed by atoms with Gasteiger partial charge in [-0.15, -0.1) is 0 Å². The Bertz CT molecular complexity index is 742. The summed E-state index contributed by atoms with van der Waals surface area (Å²) < 4.78 is 0. The summed E-state index contributed by atoms with van der Waals surface area (Å²) in [6, 6.07) is 10.7. The molecule has 1 spiro atoms. The fraction of sp³-hybridized carbons (Fsp3) is 0.583. The summed E-state index contributed by atoms with van der Waals surface area (Å²) in [5.41, 5.74) is 2.53. The number of benzene rings is 1. The van der Waals surface area contributed by atoms with Crippen LogP contribution in [0.4, 0.5) is 0 Å². The van der Waals surface area contributed by atoms with Gasteiger partial charge in [0.25, 0.3) is 0 Å². The van der Waals surface area contributed by atoms with Gasteiger partial charge in [0.05, 0.1) is 0 Å². The fourth-order valence-electron chi connectivity index (χ4n) is 5.11. The van der Waals surface area contributed by atoms with Gasteiger partial charge in [-0.1, -0.05) is 36.4 Å². The molecule has 1 saturated heterocycles. The zero-order chi connectivity index (χ0) is 19.4. The molecule has 4 rings (SSSR count). The van der Waals surface area contributed by atoms with E-state index in [0.29, 0.717) is 18.6 Å². The van der Waals surface area contributed by atoms with Crippen LogP contribution in [0.3, 0.4) is 0 Å². The van der Waals surface area contributed by atoms with E-state index in [9.17, 15) is 9.59 Å². The van der Waals surface area contributed by atoms with Crippen molar-refractivity contribution in [3.05, 3.63) is 42.0 Å². The van der Waals surface area contributed by atoms with Crippen molar-refractivity contribution in [2.24, 2.45) is 5.41 Å². The highest BCUT2D eigenvalue weighted by atomic mass is 16.2. The highest BCUT2D eigenvalue weighted by Crippen LogP contribution is 2.43. The number of amides is 1. The SMILES string of the molecule is O=C1CC2(CCCC2=O)CCN1CCCCN1CC=C(c2ccccc2)CC1. The summed E-state index contributed by atoms with van der Waals surface area (Å²) in [5, 5.41) is 0. The van der Waals surface area contributed by atoms with E-state index in [1.807, 2.05) is 4.90 Å². The summed E-state index contributed by atoms with van der Waals surface area (Å²) in [4.78, 5) is 29.2. The minimum Gasteiger partial charge on any atom is -0.343 e. The summed E-state index contributed by atoms with van der Waals surface area (Å²) in [6.07, 6.45) is 9.60. The van der Waals surface area contributed by atoms with Gasteiger partial charge in [-0.05, 0) is 56.2 Å². The Hall–Kier alpha value is -1.94. The van der Waals surface area contributed by atoms with Crippen molar-refractivity contribution in [1.29, 1.82) is 0 Å². The van der Waals surface area contributed by atoms with Gasteiger partial charge in [-0.25, -0.2) is 0 Å². The molecule has 1 aromatic rings. The third-order valence-corrected chi connectivity index (χ3v) is 6.94. The molecule has 2 aliphatic heterocycles. The normalized spacial score (nSPS) is 26.1. The highest BCUT2D eigenvalue weighted by molar-refractivity contribution is 5.92. The van der Waals surface area contributed by atoms with Crippen LogP contribution in [0.2, 0.25) is 0 Å². The molecular weight excluding hydrogens is 348 g/mol. The number of carbonyl (C=O) groups excluding carboxylic acids is 2. The number of hydrogen-bond donors (Lipinski definition) is 0. The molecule has 0 N–H and O–H groups in total. The lowest BCUT2D eigenvalue weighted by atomic mass is 9.76. The van der Waals surface area contributed by atoms with E-state index in [2.05, 4.69) is 41.3 Å². The minimum absolute atomic E-state index is 0.204. The number of unbranched alkanes of at least 4 members (excludes halogenated alkanes) is 1. The van der Waals surface area contributed by atoms with E-state index in [1.165, 1.54) is 11.1 Å². The maximum Gasteiger partial charge on any atom is 0.223 e. The largest absolute Gasteiger partial charge is 0.343 e. The van der Waals surface area contributed by atoms with Crippen LogP contribution in [0.15, 0.2) is 36.4 Å². The van der Waals surface area contributed by atoms with Crippen LogP contribution in [0.25, 0.3) is 5.57 Å². The quantitative estimate of drug-likeness (QED) is 0.703. The molecule has 1 atom stereocenters. The zero-order valence-corrected chi connectivity index (χ0v) is 16.9. The number of likely N-dealkylation sites (tertiary alicyclic amines) is 1. The Morgan fingerprint density at radius 1 is 0.929 bits per heavy atom. The van der Waals surface area contributed by atoms with Crippen LogP contribution in [-0.4, -0.2) is 54.2 Å². The van der Waals surface area contributed by atoms with Gasteiger partial charge in [-0.3, -0.25) is 14.5 Å². The van der Waals surface area contributed by atoms with Crippen molar-refractivity contribution in [2.75, 3.05) is 32.7 Å². The van der Waals surface area contributed by atoms with Crippen LogP contribution >= 0.6 is 0 Å². The van der Waals surface area contributed by atoms with Crippen LogP contribution in [0.1, 0.15) is 56.9 Å². The first-order chi connectivity index (χ1) is 13.7. The summed E-state index contributed by atoms with van der Waals surface area (Å²) in [5.74, 6) is 0.545. The van der Waals surface area contributed by atoms with Crippen molar-refractivity contribution < 1.29 is 9.59 Å². The lowest BCUT2D eigenvalue weighted by molar-refractivity contribution is -0.144. The molecule has 0 bridgehead atoms. The first-order valence-corrected chi connectivity index (χ1v) is 10.9. The average Bonchev–Trinajstić information content (AvgIpc) is 3.07. The maximum atomic E-state index is 12.5. The molecular formula is C24H32N2O2. The number of rotatable bonds is 6. The Morgan fingerprint density at radius 3 is 2.43 bits per heavy atom. The second-order valence-electron chi connectivity index (χ2n) is 8.72. The standard InChI is InChI=1S/C24H32N2O2/c27-22-9-6-12-24(22)13-18-26(23(28)19-24)15-5-4-14-25-16-10-21(11-17-25)20-7-2-1-3-8-20/h1-3,7-8,10H,4-6,9,11-19H2. The zero-order valence-electron chi connectivity index (χ0n) is 16.9. The van der Waals surface area contributed by atoms with Gasteiger partial charge in [0, 0.05) is 44.4 Å². The van der Waals surface area contributed by atoms with Crippen molar-refractivity contribution in [3.8, 4) is 0 Å². The van der Waals surface area contributed by atoms with Crippen LogP contribution in [0, 0.1) is 5.41 Å². The number of carbonyl (C=O) groups is 2. The summed E-state index contributed by atoms with van der Waals surface area (Å²) >= 11 is 0. The molecule has 0 aromatic heterocycles. The van der Waals surface area contributed by atoms with Gasteiger partial charge in [0.15, 0.2) is 0 Å². The molecule has 150 valence electrons. The lowest BCUT2D eigenvalue weighted by Gasteiger charge is -2.37. The highest BCUT2D eigenvalue weighted by Gasteiger charge is 2.46. The molecule has 1 aromatic carbocycles. The van der Waals surface area contributed by atoms with Crippen molar-refractivity contribution >= 4 is 17.3 Å². The van der Waals surface area contributed by atoms with Crippen LogP contribution in [0.5, 0.6) is 0 Å². The molecule has 3 aliphatic rings. The Balaban J connectivity index is 1.16. The summed E-state index contributed by atoms with van der Waals surface area (Å²) in [7, 11) is 0. The van der Waals surface area contributed by atoms with E-state index in [1.54, 1.807) is 0 Å². The molecule has 1 aliphatic carbocycles. The van der Waals surface area contributed by atoms with E-state index in [0.717, 1.165) is 71.2 Å². The predicted octanol–water partition coefficient (Wildman–Crippen LogP) is 3.92. The molecule has 1 saturated carbocycles. The Morgan fingerprint density at radius 2 is 1.75 bits per heavy atom. The van der Waals surface area contributed by atoms with Crippen LogP contribution in [-0.2, 0) is 9.59 Å². The first kappa shape index (κ1) is 19.4. The first-order valence-electron chi connectivity index (χ1n) is 10.9. The monoisotopic (exact) mass is 380 g/mol. The molecule has 1 unspecified atom stereocenters.